The van der Waals surface area contributed by atoms with E-state index in [1.165, 1.54) is 16.8 Å². The Morgan fingerprint density at radius 1 is 1.00 bits per heavy atom. The lowest BCUT2D eigenvalue weighted by Crippen LogP contribution is -2.31. The van der Waals surface area contributed by atoms with Crippen molar-refractivity contribution in [1.29, 1.82) is 0 Å². The van der Waals surface area contributed by atoms with Gasteiger partial charge >= 0.3 is 0 Å². The van der Waals surface area contributed by atoms with Gasteiger partial charge < -0.3 is 15.4 Å². The van der Waals surface area contributed by atoms with E-state index < -0.39 is 0 Å². The highest BCUT2D eigenvalue weighted by atomic mass is 32.2. The largest absolute Gasteiger partial charge is 0.497 e. The number of amides is 3. The number of hydrazone groups is 1. The Labute approximate surface area is 201 Å². The fourth-order valence-electron chi connectivity index (χ4n) is 3.23. The van der Waals surface area contributed by atoms with Gasteiger partial charge in [0, 0.05) is 16.1 Å². The monoisotopic (exact) mass is 474 g/mol. The van der Waals surface area contributed by atoms with E-state index in [0.29, 0.717) is 28.5 Å². The molecule has 8 nitrogen and oxygen atoms in total. The van der Waals surface area contributed by atoms with Crippen LogP contribution in [0.1, 0.15) is 16.8 Å². The minimum atomic E-state index is -0.265. The number of carbonyl (C=O) groups is 3. The van der Waals surface area contributed by atoms with Gasteiger partial charge in [-0.05, 0) is 54.6 Å². The number of rotatable bonds is 7. The minimum Gasteiger partial charge on any atom is -0.497 e. The topological polar surface area (TPSA) is 100 Å². The number of amidine groups is 1. The van der Waals surface area contributed by atoms with E-state index in [2.05, 4.69) is 15.7 Å². The molecular formula is C25H22N4O4S. The Morgan fingerprint density at radius 2 is 1.76 bits per heavy atom. The molecular weight excluding hydrogens is 452 g/mol. The summed E-state index contributed by atoms with van der Waals surface area (Å²) in [5.41, 5.74) is 1.78. The van der Waals surface area contributed by atoms with Gasteiger partial charge in [-0.3, -0.25) is 14.4 Å². The lowest BCUT2D eigenvalue weighted by atomic mass is 10.2. The van der Waals surface area contributed by atoms with Crippen molar-refractivity contribution in [3.05, 3.63) is 84.4 Å². The number of hydrogen-bond donors (Lipinski definition) is 2. The van der Waals surface area contributed by atoms with E-state index in [9.17, 15) is 14.4 Å². The van der Waals surface area contributed by atoms with Crippen LogP contribution in [0.2, 0.25) is 0 Å². The Balaban J connectivity index is 1.30. The van der Waals surface area contributed by atoms with Crippen molar-refractivity contribution in [3.8, 4) is 5.75 Å². The summed E-state index contributed by atoms with van der Waals surface area (Å²) in [4.78, 5) is 37.9. The summed E-state index contributed by atoms with van der Waals surface area (Å²) >= 11 is 1.32. The van der Waals surface area contributed by atoms with E-state index in [0.717, 1.165) is 4.90 Å². The quantitative estimate of drug-likeness (QED) is 0.506. The summed E-state index contributed by atoms with van der Waals surface area (Å²) in [5, 5.41) is 11.1. The number of methoxy groups -OCH3 is 1. The van der Waals surface area contributed by atoms with Crippen LogP contribution in [-0.4, -0.2) is 36.4 Å². The van der Waals surface area contributed by atoms with Crippen LogP contribution in [-0.2, 0) is 9.59 Å². The molecule has 3 aromatic carbocycles. The smallest absolute Gasteiger partial charge is 0.255 e. The average molecular weight is 475 g/mol. The number of nitrogens with one attached hydrogen (secondary N) is 2. The Bertz CT molecular complexity index is 1230. The minimum absolute atomic E-state index is 0.0399. The molecule has 172 valence electrons. The van der Waals surface area contributed by atoms with Crippen molar-refractivity contribution >= 4 is 46.7 Å². The van der Waals surface area contributed by atoms with Gasteiger partial charge in [-0.2, -0.15) is 10.1 Å². The summed E-state index contributed by atoms with van der Waals surface area (Å²) < 4.78 is 5.11. The van der Waals surface area contributed by atoms with E-state index in [4.69, 9.17) is 4.74 Å². The predicted molar refractivity (Wildman–Crippen MR) is 132 cm³/mol. The highest BCUT2D eigenvalue weighted by molar-refractivity contribution is 8.00. The molecule has 2 N–H and O–H groups in total. The molecule has 0 atom stereocenters. The van der Waals surface area contributed by atoms with Gasteiger partial charge in [0.2, 0.25) is 5.91 Å². The molecule has 0 bridgehead atoms. The first-order valence-corrected chi connectivity index (χ1v) is 11.4. The highest BCUT2D eigenvalue weighted by Crippen LogP contribution is 2.23. The molecule has 3 aromatic rings. The van der Waals surface area contributed by atoms with Gasteiger partial charge in [0.1, 0.15) is 11.6 Å². The zero-order valence-corrected chi connectivity index (χ0v) is 19.2. The van der Waals surface area contributed by atoms with Crippen molar-refractivity contribution in [2.24, 2.45) is 5.10 Å². The molecule has 1 aliphatic rings. The predicted octanol–water partition coefficient (Wildman–Crippen LogP) is 3.91. The third kappa shape index (κ3) is 5.81. The first-order valence-electron chi connectivity index (χ1n) is 10.5. The first-order chi connectivity index (χ1) is 16.5. The molecule has 0 saturated carbocycles. The summed E-state index contributed by atoms with van der Waals surface area (Å²) in [5.74, 6) is 0.422. The molecule has 0 aromatic heterocycles. The molecule has 0 unspecified atom stereocenters. The SMILES string of the molecule is COc1ccc(C(=O)Nc2cccc(SCC(=O)NC3=NN(c4ccccc4)C(=O)C3)c2)cc1. The van der Waals surface area contributed by atoms with Gasteiger partial charge in [0.25, 0.3) is 11.8 Å². The zero-order valence-electron chi connectivity index (χ0n) is 18.4. The van der Waals surface area contributed by atoms with Crippen LogP contribution in [0.25, 0.3) is 0 Å². The van der Waals surface area contributed by atoms with E-state index in [1.54, 1.807) is 61.7 Å². The Morgan fingerprint density at radius 3 is 2.50 bits per heavy atom. The molecule has 0 fully saturated rings. The maximum atomic E-state index is 12.5. The van der Waals surface area contributed by atoms with Crippen LogP contribution in [0.5, 0.6) is 5.75 Å². The number of nitrogens with zero attached hydrogens (tertiary/aromatic N) is 2. The average Bonchev–Trinajstić information content (AvgIpc) is 3.23. The highest BCUT2D eigenvalue weighted by Gasteiger charge is 2.26. The van der Waals surface area contributed by atoms with Crippen LogP contribution in [0, 0.1) is 0 Å². The number of carbonyl (C=O) groups excluding carboxylic acids is 3. The molecule has 34 heavy (non-hydrogen) atoms. The van der Waals surface area contributed by atoms with Crippen molar-refractivity contribution < 1.29 is 19.1 Å². The van der Waals surface area contributed by atoms with E-state index in [1.807, 2.05) is 24.3 Å². The molecule has 0 spiro atoms. The second kappa shape index (κ2) is 10.7. The van der Waals surface area contributed by atoms with Crippen LogP contribution < -0.4 is 20.4 Å². The van der Waals surface area contributed by atoms with Gasteiger partial charge in [-0.15, -0.1) is 11.8 Å². The Hall–Kier alpha value is -4.11. The first kappa shape index (κ1) is 23.1. The van der Waals surface area contributed by atoms with Crippen LogP contribution in [0.3, 0.4) is 0 Å². The second-order valence-electron chi connectivity index (χ2n) is 7.31. The lowest BCUT2D eigenvalue weighted by molar-refractivity contribution is -0.117. The molecule has 4 rings (SSSR count). The third-order valence-electron chi connectivity index (χ3n) is 4.87. The normalized spacial score (nSPS) is 12.8. The fourth-order valence-corrected chi connectivity index (χ4v) is 3.98. The Kier molecular flexibility index (Phi) is 7.24. The van der Waals surface area contributed by atoms with Crippen molar-refractivity contribution in [2.75, 3.05) is 23.2 Å². The van der Waals surface area contributed by atoms with Crippen LogP contribution >= 0.6 is 11.8 Å². The molecule has 9 heteroatoms. The maximum Gasteiger partial charge on any atom is 0.255 e. The second-order valence-corrected chi connectivity index (χ2v) is 8.36. The summed E-state index contributed by atoms with van der Waals surface area (Å²) in [6.07, 6.45) is 0.0399. The third-order valence-corrected chi connectivity index (χ3v) is 5.87. The van der Waals surface area contributed by atoms with Crippen LogP contribution in [0.4, 0.5) is 11.4 Å². The van der Waals surface area contributed by atoms with Gasteiger partial charge in [0.05, 0.1) is 25.0 Å². The molecule has 1 aliphatic heterocycles. The van der Waals surface area contributed by atoms with Crippen molar-refractivity contribution in [1.82, 2.24) is 5.32 Å². The molecule has 1 heterocycles. The number of hydrogen-bond acceptors (Lipinski definition) is 6. The molecule has 0 saturated heterocycles. The van der Waals surface area contributed by atoms with Gasteiger partial charge in [0.15, 0.2) is 0 Å². The maximum absolute atomic E-state index is 12.5. The van der Waals surface area contributed by atoms with Crippen LogP contribution in [0.15, 0.2) is 88.9 Å². The molecule has 0 radical (unpaired) electrons. The number of thioether (sulfide) groups is 1. The number of para-hydroxylation sites is 1. The lowest BCUT2D eigenvalue weighted by Gasteiger charge is -2.10. The van der Waals surface area contributed by atoms with Gasteiger partial charge in [-0.1, -0.05) is 24.3 Å². The number of anilines is 2. The summed E-state index contributed by atoms with van der Waals surface area (Å²) in [6.45, 7) is 0. The number of benzene rings is 3. The van der Waals surface area contributed by atoms with Gasteiger partial charge in [-0.25, -0.2) is 0 Å². The summed E-state index contributed by atoms with van der Waals surface area (Å²) in [6, 6.07) is 23.1. The van der Waals surface area contributed by atoms with E-state index in [-0.39, 0.29) is 29.9 Å². The van der Waals surface area contributed by atoms with Crippen molar-refractivity contribution in [3.63, 3.8) is 0 Å². The molecule has 0 aliphatic carbocycles. The summed E-state index contributed by atoms with van der Waals surface area (Å²) in [7, 11) is 1.57. The fraction of sp³-hybridized carbons (Fsp3) is 0.120. The van der Waals surface area contributed by atoms with Crippen molar-refractivity contribution in [2.45, 2.75) is 11.3 Å². The number of ether oxygens (including phenoxy) is 1. The molecule has 3 amide bonds. The zero-order chi connectivity index (χ0) is 23.9. The standard InChI is InChI=1S/C25H22N4O4S/c1-33-20-12-10-17(11-13-20)25(32)26-18-6-5-9-21(14-18)34-16-23(30)27-22-15-24(31)29(28-22)19-7-3-2-4-8-19/h2-14H,15-16H2,1H3,(H,26,32)(H,27,28,30). The van der Waals surface area contributed by atoms with E-state index >= 15 is 0 Å².